The molecule has 2 rings (SSSR count). The lowest BCUT2D eigenvalue weighted by atomic mass is 10.2. The molecule has 0 saturated heterocycles. The normalized spacial score (nSPS) is 11.5. The predicted octanol–water partition coefficient (Wildman–Crippen LogP) is 4.96. The van der Waals surface area contributed by atoms with Crippen molar-refractivity contribution in [3.8, 4) is 11.5 Å². The Morgan fingerprint density at radius 2 is 1.57 bits per heavy atom. The molecule has 0 saturated carbocycles. The highest BCUT2D eigenvalue weighted by molar-refractivity contribution is 14.1. The second-order valence-electron chi connectivity index (χ2n) is 4.05. The molecule has 0 amide bonds. The van der Waals surface area contributed by atoms with Gasteiger partial charge in [-0.25, -0.2) is 8.78 Å². The first-order chi connectivity index (χ1) is 9.68. The minimum absolute atomic E-state index is 0.0482. The highest BCUT2D eigenvalue weighted by Gasteiger charge is 2.33. The van der Waals surface area contributed by atoms with Gasteiger partial charge in [0.25, 0.3) is 0 Å². The standard InChI is InChI=1S/C13H7F5INO/c14-8-3-6(13(16,17)18)4-9(15)12(8)21-11-2-1-7(19)5-10(11)20/h1-5H,20H2. The van der Waals surface area contributed by atoms with Crippen LogP contribution in [0.2, 0.25) is 0 Å². The van der Waals surface area contributed by atoms with Gasteiger partial charge in [0.2, 0.25) is 0 Å². The fourth-order valence-corrected chi connectivity index (χ4v) is 2.06. The van der Waals surface area contributed by atoms with E-state index in [1.807, 2.05) is 22.6 Å². The number of ether oxygens (including phenoxy) is 1. The van der Waals surface area contributed by atoms with Gasteiger partial charge < -0.3 is 10.5 Å². The number of benzene rings is 2. The Hall–Kier alpha value is -1.58. The molecule has 2 aromatic carbocycles. The van der Waals surface area contributed by atoms with Gasteiger partial charge in [0.05, 0.1) is 11.3 Å². The number of nitrogen functional groups attached to an aromatic ring is 1. The third kappa shape index (κ3) is 3.55. The van der Waals surface area contributed by atoms with Gasteiger partial charge in [0, 0.05) is 3.57 Å². The molecular weight excluding hydrogens is 408 g/mol. The van der Waals surface area contributed by atoms with E-state index in [-0.39, 0.29) is 23.6 Å². The Labute approximate surface area is 129 Å². The molecule has 2 nitrogen and oxygen atoms in total. The molecule has 2 N–H and O–H groups in total. The Kier molecular flexibility index (Phi) is 4.26. The summed E-state index contributed by atoms with van der Waals surface area (Å²) in [5, 5.41) is 0. The van der Waals surface area contributed by atoms with Crippen molar-refractivity contribution in [3.63, 3.8) is 0 Å². The van der Waals surface area contributed by atoms with E-state index >= 15 is 0 Å². The molecule has 0 atom stereocenters. The quantitative estimate of drug-likeness (QED) is 0.428. The number of nitrogens with two attached hydrogens (primary N) is 1. The molecule has 0 aliphatic heterocycles. The topological polar surface area (TPSA) is 35.2 Å². The summed E-state index contributed by atoms with van der Waals surface area (Å²) in [5.41, 5.74) is 4.30. The third-order valence-corrected chi connectivity index (χ3v) is 3.18. The Balaban J connectivity index is 2.41. The van der Waals surface area contributed by atoms with Crippen molar-refractivity contribution in [2.75, 3.05) is 5.73 Å². The fraction of sp³-hybridized carbons (Fsp3) is 0.0769. The zero-order chi connectivity index (χ0) is 15.8. The zero-order valence-electron chi connectivity index (χ0n) is 10.1. The van der Waals surface area contributed by atoms with Gasteiger partial charge in [-0.3, -0.25) is 0 Å². The van der Waals surface area contributed by atoms with E-state index in [1.165, 1.54) is 12.1 Å². The van der Waals surface area contributed by atoms with E-state index < -0.39 is 29.1 Å². The minimum atomic E-state index is -4.85. The van der Waals surface area contributed by atoms with Crippen LogP contribution in [0.1, 0.15) is 5.56 Å². The van der Waals surface area contributed by atoms with Crippen LogP contribution in [0.3, 0.4) is 0 Å². The summed E-state index contributed by atoms with van der Waals surface area (Å²) in [5.74, 6) is -3.90. The fourth-order valence-electron chi connectivity index (χ4n) is 1.54. The van der Waals surface area contributed by atoms with E-state index in [1.54, 1.807) is 6.07 Å². The summed E-state index contributed by atoms with van der Waals surface area (Å²) in [6, 6.07) is 4.78. The molecule has 0 radical (unpaired) electrons. The van der Waals surface area contributed by atoms with Crippen LogP contribution in [0.25, 0.3) is 0 Å². The molecule has 112 valence electrons. The molecule has 8 heteroatoms. The van der Waals surface area contributed by atoms with Crippen LogP contribution >= 0.6 is 22.6 Å². The first kappa shape index (κ1) is 15.8. The average molecular weight is 415 g/mol. The monoisotopic (exact) mass is 415 g/mol. The molecule has 0 unspecified atom stereocenters. The third-order valence-electron chi connectivity index (χ3n) is 2.51. The van der Waals surface area contributed by atoms with Gasteiger partial charge in [-0.1, -0.05) is 0 Å². The molecule has 0 fully saturated rings. The number of hydrogen-bond acceptors (Lipinski definition) is 2. The number of rotatable bonds is 2. The molecule has 0 heterocycles. The second-order valence-corrected chi connectivity index (χ2v) is 5.30. The van der Waals surface area contributed by atoms with Gasteiger partial charge in [-0.05, 0) is 52.9 Å². The van der Waals surface area contributed by atoms with E-state index in [9.17, 15) is 22.0 Å². The molecule has 0 aliphatic rings. The number of hydrogen-bond donors (Lipinski definition) is 1. The Morgan fingerprint density at radius 3 is 2.05 bits per heavy atom. The minimum Gasteiger partial charge on any atom is -0.449 e. The van der Waals surface area contributed by atoms with Crippen LogP contribution < -0.4 is 10.5 Å². The molecule has 0 aliphatic carbocycles. The smallest absolute Gasteiger partial charge is 0.416 e. The summed E-state index contributed by atoms with van der Waals surface area (Å²) in [7, 11) is 0. The van der Waals surface area contributed by atoms with Crippen molar-refractivity contribution < 1.29 is 26.7 Å². The number of halogens is 6. The van der Waals surface area contributed by atoms with Crippen LogP contribution in [0, 0.1) is 15.2 Å². The van der Waals surface area contributed by atoms with Crippen LogP contribution in [-0.4, -0.2) is 0 Å². The molecule has 0 spiro atoms. The van der Waals surface area contributed by atoms with Crippen LogP contribution in [0.4, 0.5) is 27.6 Å². The van der Waals surface area contributed by atoms with Crippen molar-refractivity contribution in [2.45, 2.75) is 6.18 Å². The largest absolute Gasteiger partial charge is 0.449 e. The van der Waals surface area contributed by atoms with Gasteiger partial charge in [-0.2, -0.15) is 13.2 Å². The molecule has 21 heavy (non-hydrogen) atoms. The van der Waals surface area contributed by atoms with Gasteiger partial charge in [0.1, 0.15) is 0 Å². The van der Waals surface area contributed by atoms with Crippen LogP contribution in [-0.2, 0) is 6.18 Å². The molecule has 2 aromatic rings. The number of anilines is 1. The van der Waals surface area contributed by atoms with Crippen molar-refractivity contribution in [1.29, 1.82) is 0 Å². The summed E-state index contributed by atoms with van der Waals surface area (Å²) >= 11 is 1.97. The first-order valence-corrected chi connectivity index (χ1v) is 6.55. The second kappa shape index (κ2) is 5.66. The van der Waals surface area contributed by atoms with Crippen LogP contribution in [0.5, 0.6) is 11.5 Å². The van der Waals surface area contributed by atoms with Gasteiger partial charge in [-0.15, -0.1) is 0 Å². The van der Waals surface area contributed by atoms with Crippen molar-refractivity contribution in [1.82, 2.24) is 0 Å². The maximum atomic E-state index is 13.6. The Morgan fingerprint density at radius 1 is 1.00 bits per heavy atom. The lowest BCUT2D eigenvalue weighted by Crippen LogP contribution is -2.07. The van der Waals surface area contributed by atoms with Crippen LogP contribution in [0.15, 0.2) is 30.3 Å². The van der Waals surface area contributed by atoms with Crippen molar-refractivity contribution in [3.05, 3.63) is 51.1 Å². The zero-order valence-corrected chi connectivity index (χ0v) is 12.3. The lowest BCUT2D eigenvalue weighted by molar-refractivity contribution is -0.138. The van der Waals surface area contributed by atoms with E-state index in [2.05, 4.69) is 0 Å². The maximum Gasteiger partial charge on any atom is 0.416 e. The van der Waals surface area contributed by atoms with E-state index in [4.69, 9.17) is 10.5 Å². The van der Waals surface area contributed by atoms with Crippen molar-refractivity contribution >= 4 is 28.3 Å². The van der Waals surface area contributed by atoms with E-state index in [0.717, 1.165) is 3.57 Å². The lowest BCUT2D eigenvalue weighted by Gasteiger charge is -2.13. The Bertz CT molecular complexity index is 664. The molecule has 0 bridgehead atoms. The summed E-state index contributed by atoms with van der Waals surface area (Å²) in [6.07, 6.45) is -4.85. The summed E-state index contributed by atoms with van der Waals surface area (Å²) in [6.45, 7) is 0. The summed E-state index contributed by atoms with van der Waals surface area (Å²) < 4.78 is 70.2. The molecule has 0 aromatic heterocycles. The summed E-state index contributed by atoms with van der Waals surface area (Å²) in [4.78, 5) is 0. The highest BCUT2D eigenvalue weighted by atomic mass is 127. The van der Waals surface area contributed by atoms with Gasteiger partial charge >= 0.3 is 6.18 Å². The van der Waals surface area contributed by atoms with Gasteiger partial charge in [0.15, 0.2) is 23.1 Å². The maximum absolute atomic E-state index is 13.6. The SMILES string of the molecule is Nc1cc(I)ccc1Oc1c(F)cc(C(F)(F)F)cc1F. The number of alkyl halides is 3. The predicted molar refractivity (Wildman–Crippen MR) is 75.0 cm³/mol. The molecular formula is C13H7F5INO. The van der Waals surface area contributed by atoms with E-state index in [0.29, 0.717) is 0 Å². The average Bonchev–Trinajstić information content (AvgIpc) is 2.34. The first-order valence-electron chi connectivity index (χ1n) is 5.47. The highest BCUT2D eigenvalue weighted by Crippen LogP contribution is 2.36. The van der Waals surface area contributed by atoms with Crippen molar-refractivity contribution in [2.24, 2.45) is 0 Å².